The summed E-state index contributed by atoms with van der Waals surface area (Å²) >= 11 is 0. The summed E-state index contributed by atoms with van der Waals surface area (Å²) in [6.07, 6.45) is 1.42. The van der Waals surface area contributed by atoms with E-state index in [-0.39, 0.29) is 18.0 Å². The molecule has 0 saturated heterocycles. The molecule has 0 spiro atoms. The Morgan fingerprint density at radius 3 is 2.95 bits per heavy atom. The van der Waals surface area contributed by atoms with Crippen molar-refractivity contribution in [3.8, 4) is 0 Å². The van der Waals surface area contributed by atoms with E-state index in [0.29, 0.717) is 23.9 Å². The number of nitrogens with zero attached hydrogens (tertiary/aromatic N) is 2. The van der Waals surface area contributed by atoms with Crippen LogP contribution >= 0.6 is 0 Å². The van der Waals surface area contributed by atoms with E-state index in [1.165, 1.54) is 10.9 Å². The first-order valence-electron chi connectivity index (χ1n) is 6.88. The number of hydrogen-bond acceptors (Lipinski definition) is 4. The quantitative estimate of drug-likeness (QED) is 0.844. The Kier molecular flexibility index (Phi) is 4.70. The molecule has 1 unspecified atom stereocenters. The van der Waals surface area contributed by atoms with Gasteiger partial charge in [-0.2, -0.15) is 0 Å². The molecule has 1 aromatic carbocycles. The molecule has 0 saturated carbocycles. The minimum absolute atomic E-state index is 0.0739. The van der Waals surface area contributed by atoms with Gasteiger partial charge < -0.3 is 10.4 Å². The number of aryl methyl sites for hydroxylation is 1. The summed E-state index contributed by atoms with van der Waals surface area (Å²) in [6.45, 7) is 3.86. The highest BCUT2D eigenvalue weighted by molar-refractivity contribution is 5.81. The van der Waals surface area contributed by atoms with E-state index in [0.717, 1.165) is 5.56 Å². The molecule has 21 heavy (non-hydrogen) atoms. The summed E-state index contributed by atoms with van der Waals surface area (Å²) in [6, 6.07) is 5.40. The molecule has 0 aliphatic heterocycles. The molecule has 1 atom stereocenters. The Morgan fingerprint density at radius 1 is 1.48 bits per heavy atom. The number of aliphatic hydroxyl groups excluding tert-OH is 1. The number of rotatable bonds is 5. The first-order valence-corrected chi connectivity index (χ1v) is 6.88. The van der Waals surface area contributed by atoms with Crippen LogP contribution in [0.2, 0.25) is 0 Å². The van der Waals surface area contributed by atoms with Crippen LogP contribution in [0.3, 0.4) is 0 Å². The summed E-state index contributed by atoms with van der Waals surface area (Å²) in [7, 11) is 0. The fraction of sp³-hybridized carbons (Fsp3) is 0.400. The average molecular weight is 289 g/mol. The van der Waals surface area contributed by atoms with Gasteiger partial charge in [-0.15, -0.1) is 0 Å². The lowest BCUT2D eigenvalue weighted by atomic mass is 10.1. The van der Waals surface area contributed by atoms with Crippen LogP contribution in [0.5, 0.6) is 0 Å². The average Bonchev–Trinajstić information content (AvgIpc) is 2.42. The smallest absolute Gasteiger partial charge is 0.261 e. The zero-order valence-corrected chi connectivity index (χ0v) is 12.2. The van der Waals surface area contributed by atoms with Gasteiger partial charge in [0.15, 0.2) is 0 Å². The van der Waals surface area contributed by atoms with Gasteiger partial charge in [0, 0.05) is 6.54 Å². The number of aliphatic hydroxyl groups is 1. The molecule has 0 fully saturated rings. The summed E-state index contributed by atoms with van der Waals surface area (Å²) in [5.74, 6) is -0.272. The number of nitrogens with one attached hydrogen (secondary N) is 1. The Bertz CT molecular complexity index is 707. The first-order chi connectivity index (χ1) is 9.99. The van der Waals surface area contributed by atoms with Crippen molar-refractivity contribution in [1.29, 1.82) is 0 Å². The van der Waals surface area contributed by atoms with E-state index in [1.54, 1.807) is 19.1 Å². The second-order valence-corrected chi connectivity index (χ2v) is 5.14. The van der Waals surface area contributed by atoms with Crippen LogP contribution in [0, 0.1) is 6.92 Å². The minimum Gasteiger partial charge on any atom is -0.393 e. The van der Waals surface area contributed by atoms with Gasteiger partial charge in [-0.3, -0.25) is 14.2 Å². The summed E-state index contributed by atoms with van der Waals surface area (Å²) in [4.78, 5) is 28.3. The highest BCUT2D eigenvalue weighted by atomic mass is 16.3. The lowest BCUT2D eigenvalue weighted by Crippen LogP contribution is -2.33. The number of fused-ring (bicyclic) bond motifs is 1. The molecule has 2 aromatic rings. The van der Waals surface area contributed by atoms with Gasteiger partial charge in [-0.25, -0.2) is 4.98 Å². The van der Waals surface area contributed by atoms with Crippen molar-refractivity contribution >= 4 is 16.8 Å². The Balaban J connectivity index is 2.14. The topological polar surface area (TPSA) is 84.2 Å². The monoisotopic (exact) mass is 289 g/mol. The summed E-state index contributed by atoms with van der Waals surface area (Å²) < 4.78 is 1.29. The number of hydrogen-bond donors (Lipinski definition) is 2. The molecule has 0 radical (unpaired) electrons. The molecule has 2 rings (SSSR count). The number of para-hydroxylation sites is 1. The van der Waals surface area contributed by atoms with Crippen LogP contribution in [0.1, 0.15) is 18.9 Å². The highest BCUT2D eigenvalue weighted by Crippen LogP contribution is 2.10. The van der Waals surface area contributed by atoms with Crippen molar-refractivity contribution in [1.82, 2.24) is 14.9 Å². The molecule has 2 N–H and O–H groups in total. The van der Waals surface area contributed by atoms with Gasteiger partial charge in [0.05, 0.1) is 23.3 Å². The molecule has 1 heterocycles. The van der Waals surface area contributed by atoms with Gasteiger partial charge in [0.1, 0.15) is 6.54 Å². The van der Waals surface area contributed by atoms with Gasteiger partial charge in [-0.05, 0) is 31.9 Å². The minimum atomic E-state index is -0.460. The second kappa shape index (κ2) is 6.49. The SMILES string of the molecule is Cc1cccc2c(=O)n(CC(=O)NCCC(C)O)cnc12. The van der Waals surface area contributed by atoms with Gasteiger partial charge in [-0.1, -0.05) is 12.1 Å². The van der Waals surface area contributed by atoms with E-state index in [2.05, 4.69) is 10.3 Å². The van der Waals surface area contributed by atoms with E-state index in [1.807, 2.05) is 13.0 Å². The van der Waals surface area contributed by atoms with Crippen molar-refractivity contribution < 1.29 is 9.90 Å². The molecule has 1 amide bonds. The molecule has 0 bridgehead atoms. The Labute approximate surface area is 122 Å². The van der Waals surface area contributed by atoms with E-state index in [4.69, 9.17) is 5.11 Å². The van der Waals surface area contributed by atoms with Crippen LogP contribution in [-0.4, -0.2) is 33.2 Å². The maximum atomic E-state index is 12.3. The maximum Gasteiger partial charge on any atom is 0.261 e. The van der Waals surface area contributed by atoms with Crippen LogP contribution in [0.25, 0.3) is 10.9 Å². The van der Waals surface area contributed by atoms with E-state index >= 15 is 0 Å². The third kappa shape index (κ3) is 3.66. The van der Waals surface area contributed by atoms with Gasteiger partial charge in [0.25, 0.3) is 5.56 Å². The van der Waals surface area contributed by atoms with Crippen LogP contribution in [-0.2, 0) is 11.3 Å². The molecule has 0 aliphatic rings. The fourth-order valence-electron chi connectivity index (χ4n) is 2.08. The Morgan fingerprint density at radius 2 is 2.24 bits per heavy atom. The van der Waals surface area contributed by atoms with E-state index < -0.39 is 6.10 Å². The lowest BCUT2D eigenvalue weighted by molar-refractivity contribution is -0.121. The largest absolute Gasteiger partial charge is 0.393 e. The van der Waals surface area contributed by atoms with Crippen molar-refractivity contribution in [3.63, 3.8) is 0 Å². The fourth-order valence-corrected chi connectivity index (χ4v) is 2.08. The van der Waals surface area contributed by atoms with Crippen molar-refractivity contribution in [2.24, 2.45) is 0 Å². The number of carbonyl (C=O) groups is 1. The molecule has 1 aromatic heterocycles. The van der Waals surface area contributed by atoms with Crippen LogP contribution in [0.15, 0.2) is 29.3 Å². The second-order valence-electron chi connectivity index (χ2n) is 5.14. The number of carbonyl (C=O) groups excluding carboxylic acids is 1. The van der Waals surface area contributed by atoms with Crippen LogP contribution in [0.4, 0.5) is 0 Å². The van der Waals surface area contributed by atoms with Crippen molar-refractivity contribution in [2.75, 3.05) is 6.54 Å². The molecule has 6 heteroatoms. The Hall–Kier alpha value is -2.21. The highest BCUT2D eigenvalue weighted by Gasteiger charge is 2.09. The zero-order valence-electron chi connectivity index (χ0n) is 12.2. The normalized spacial score (nSPS) is 12.3. The first kappa shape index (κ1) is 15.2. The summed E-state index contributed by atoms with van der Waals surface area (Å²) in [5.41, 5.74) is 1.36. The molecule has 112 valence electrons. The van der Waals surface area contributed by atoms with Gasteiger partial charge >= 0.3 is 0 Å². The van der Waals surface area contributed by atoms with Crippen molar-refractivity contribution in [2.45, 2.75) is 32.9 Å². The molecule has 0 aliphatic carbocycles. The summed E-state index contributed by atoms with van der Waals surface area (Å²) in [5, 5.41) is 12.3. The predicted molar refractivity (Wildman–Crippen MR) is 80.0 cm³/mol. The maximum absolute atomic E-state index is 12.3. The molecular formula is C15H19N3O3. The van der Waals surface area contributed by atoms with Crippen LogP contribution < -0.4 is 10.9 Å². The zero-order chi connectivity index (χ0) is 15.4. The third-order valence-corrected chi connectivity index (χ3v) is 3.25. The van der Waals surface area contributed by atoms with Crippen molar-refractivity contribution in [3.05, 3.63) is 40.4 Å². The predicted octanol–water partition coefficient (Wildman–Crippen LogP) is 0.592. The number of aromatic nitrogens is 2. The van der Waals surface area contributed by atoms with E-state index in [9.17, 15) is 9.59 Å². The standard InChI is InChI=1S/C15H19N3O3/c1-10-4-3-5-12-14(10)17-9-18(15(12)21)8-13(20)16-7-6-11(2)19/h3-5,9,11,19H,6-8H2,1-2H3,(H,16,20). The number of amides is 1. The number of benzene rings is 1. The lowest BCUT2D eigenvalue weighted by Gasteiger charge is -2.09. The molecular weight excluding hydrogens is 270 g/mol. The molecule has 6 nitrogen and oxygen atoms in total. The third-order valence-electron chi connectivity index (χ3n) is 3.25. The van der Waals surface area contributed by atoms with Gasteiger partial charge in [0.2, 0.25) is 5.91 Å².